The van der Waals surface area contributed by atoms with Gasteiger partial charge in [0.1, 0.15) is 5.75 Å². The zero-order valence-corrected chi connectivity index (χ0v) is 20.0. The van der Waals surface area contributed by atoms with Crippen molar-refractivity contribution in [3.8, 4) is 16.9 Å². The number of nitrogens with one attached hydrogen (secondary N) is 1. The number of aliphatic hydroxyl groups is 1. The standard InChI is InChI=1S/C26H28ClN3O2S/c27-26-23(9-4-10-24(26)32-15-5-13-29-14-12-22(31)18-29)19-7-3-8-21(16-19)28-30-17-20-6-1-2-11-25(20)33-30/h1-4,6-11,16,22,28,31H,5,12-15,17-18H2. The lowest BCUT2D eigenvalue weighted by molar-refractivity contribution is 0.173. The first-order valence-corrected chi connectivity index (χ1v) is 12.5. The molecule has 2 aliphatic heterocycles. The fourth-order valence-electron chi connectivity index (χ4n) is 4.32. The van der Waals surface area contributed by atoms with Crippen LogP contribution in [-0.2, 0) is 6.54 Å². The highest BCUT2D eigenvalue weighted by Crippen LogP contribution is 2.38. The molecule has 0 aromatic heterocycles. The molecule has 0 bridgehead atoms. The molecule has 3 aromatic rings. The van der Waals surface area contributed by atoms with Crippen LogP contribution >= 0.6 is 23.5 Å². The number of fused-ring (bicyclic) bond motifs is 1. The van der Waals surface area contributed by atoms with Gasteiger partial charge in [0.05, 0.1) is 30.0 Å². The molecule has 172 valence electrons. The van der Waals surface area contributed by atoms with E-state index in [1.54, 1.807) is 11.9 Å². The van der Waals surface area contributed by atoms with Gasteiger partial charge in [0.25, 0.3) is 0 Å². The molecule has 7 heteroatoms. The number of hydrogen-bond acceptors (Lipinski definition) is 6. The van der Waals surface area contributed by atoms with Gasteiger partial charge in [-0.05, 0) is 60.2 Å². The molecular formula is C26H28ClN3O2S. The van der Waals surface area contributed by atoms with Crippen molar-refractivity contribution < 1.29 is 9.84 Å². The minimum atomic E-state index is -0.179. The van der Waals surface area contributed by atoms with E-state index >= 15 is 0 Å². The Labute approximate surface area is 204 Å². The summed E-state index contributed by atoms with van der Waals surface area (Å²) in [7, 11) is 0. The molecule has 1 unspecified atom stereocenters. The highest BCUT2D eigenvalue weighted by molar-refractivity contribution is 7.97. The van der Waals surface area contributed by atoms with Crippen molar-refractivity contribution in [1.82, 2.24) is 9.31 Å². The molecule has 0 spiro atoms. The van der Waals surface area contributed by atoms with E-state index in [4.69, 9.17) is 16.3 Å². The van der Waals surface area contributed by atoms with Gasteiger partial charge in [-0.3, -0.25) is 0 Å². The maximum atomic E-state index is 9.65. The van der Waals surface area contributed by atoms with Gasteiger partial charge in [0, 0.05) is 30.1 Å². The lowest BCUT2D eigenvalue weighted by Crippen LogP contribution is -2.24. The first-order valence-electron chi connectivity index (χ1n) is 11.4. The van der Waals surface area contributed by atoms with Crippen LogP contribution in [0.5, 0.6) is 5.75 Å². The van der Waals surface area contributed by atoms with E-state index in [0.717, 1.165) is 55.8 Å². The number of likely N-dealkylation sites (tertiary alicyclic amines) is 1. The van der Waals surface area contributed by atoms with E-state index in [1.807, 2.05) is 24.3 Å². The fourth-order valence-corrected chi connectivity index (χ4v) is 5.59. The number of rotatable bonds is 8. The summed E-state index contributed by atoms with van der Waals surface area (Å²) in [5.74, 6) is 0.708. The summed E-state index contributed by atoms with van der Waals surface area (Å²) in [4.78, 5) is 3.57. The van der Waals surface area contributed by atoms with Gasteiger partial charge in [0.15, 0.2) is 0 Å². The molecule has 2 N–H and O–H groups in total. The first kappa shape index (κ1) is 22.6. The molecule has 0 radical (unpaired) electrons. The summed E-state index contributed by atoms with van der Waals surface area (Å²) in [6.07, 6.45) is 1.59. The van der Waals surface area contributed by atoms with Gasteiger partial charge in [-0.2, -0.15) is 4.41 Å². The van der Waals surface area contributed by atoms with Crippen molar-refractivity contribution in [2.75, 3.05) is 31.7 Å². The van der Waals surface area contributed by atoms with Crippen LogP contribution in [0.25, 0.3) is 11.1 Å². The average Bonchev–Trinajstić information content (AvgIpc) is 3.43. The number of halogens is 1. The number of aliphatic hydroxyl groups excluding tert-OH is 1. The molecule has 1 atom stereocenters. The van der Waals surface area contributed by atoms with Gasteiger partial charge < -0.3 is 20.2 Å². The Morgan fingerprint density at radius 1 is 1.09 bits per heavy atom. The van der Waals surface area contributed by atoms with Crippen LogP contribution in [0.3, 0.4) is 0 Å². The number of anilines is 1. The average molecular weight is 482 g/mol. The molecule has 3 aromatic carbocycles. The van der Waals surface area contributed by atoms with Crippen LogP contribution in [0.4, 0.5) is 5.69 Å². The highest BCUT2D eigenvalue weighted by atomic mass is 35.5. The summed E-state index contributed by atoms with van der Waals surface area (Å²) in [6, 6.07) is 22.7. The predicted octanol–water partition coefficient (Wildman–Crippen LogP) is 5.69. The predicted molar refractivity (Wildman–Crippen MR) is 136 cm³/mol. The van der Waals surface area contributed by atoms with Crippen molar-refractivity contribution in [2.45, 2.75) is 30.4 Å². The van der Waals surface area contributed by atoms with Crippen LogP contribution in [0, 0.1) is 0 Å². The minimum Gasteiger partial charge on any atom is -0.492 e. The van der Waals surface area contributed by atoms with E-state index in [0.29, 0.717) is 17.4 Å². The summed E-state index contributed by atoms with van der Waals surface area (Å²) >= 11 is 8.47. The summed E-state index contributed by atoms with van der Waals surface area (Å²) in [5, 5.41) is 10.3. The van der Waals surface area contributed by atoms with Gasteiger partial charge >= 0.3 is 0 Å². The quantitative estimate of drug-likeness (QED) is 0.318. The van der Waals surface area contributed by atoms with E-state index in [-0.39, 0.29) is 6.10 Å². The summed E-state index contributed by atoms with van der Waals surface area (Å²) in [6.45, 7) is 4.11. The Morgan fingerprint density at radius 2 is 1.97 bits per heavy atom. The highest BCUT2D eigenvalue weighted by Gasteiger charge is 2.20. The number of hydrogen-bond donors (Lipinski definition) is 2. The third kappa shape index (κ3) is 5.48. The van der Waals surface area contributed by atoms with Crippen LogP contribution in [0.2, 0.25) is 5.02 Å². The Hall–Kier alpha value is -2.22. The molecule has 5 nitrogen and oxygen atoms in total. The maximum absolute atomic E-state index is 9.65. The Balaban J connectivity index is 1.21. The van der Waals surface area contributed by atoms with E-state index in [9.17, 15) is 5.11 Å². The Morgan fingerprint density at radius 3 is 2.82 bits per heavy atom. The van der Waals surface area contributed by atoms with E-state index < -0.39 is 0 Å². The Bertz CT molecular complexity index is 1090. The lowest BCUT2D eigenvalue weighted by atomic mass is 10.0. The number of hydrazine groups is 1. The second kappa shape index (κ2) is 10.4. The molecule has 5 rings (SSSR count). The smallest absolute Gasteiger partial charge is 0.138 e. The van der Waals surface area contributed by atoms with Crippen LogP contribution < -0.4 is 10.2 Å². The van der Waals surface area contributed by atoms with E-state index in [2.05, 4.69) is 57.2 Å². The van der Waals surface area contributed by atoms with E-state index in [1.165, 1.54) is 10.5 Å². The summed E-state index contributed by atoms with van der Waals surface area (Å²) < 4.78 is 8.15. The normalized spacial score (nSPS) is 18.4. The zero-order chi connectivity index (χ0) is 22.6. The third-order valence-electron chi connectivity index (χ3n) is 6.01. The molecule has 0 amide bonds. The second-order valence-corrected chi connectivity index (χ2v) is 9.93. The third-order valence-corrected chi connectivity index (χ3v) is 7.44. The monoisotopic (exact) mass is 481 g/mol. The van der Waals surface area contributed by atoms with Crippen molar-refractivity contribution in [1.29, 1.82) is 0 Å². The largest absolute Gasteiger partial charge is 0.492 e. The van der Waals surface area contributed by atoms with Crippen LogP contribution in [0.1, 0.15) is 18.4 Å². The zero-order valence-electron chi connectivity index (χ0n) is 18.4. The molecule has 2 aliphatic rings. The van der Waals surface area contributed by atoms with Crippen LogP contribution in [0.15, 0.2) is 71.6 Å². The SMILES string of the molecule is OC1CCN(CCCOc2cccc(-c3cccc(NN4Cc5ccccc5S4)c3)c2Cl)C1. The molecule has 0 saturated carbocycles. The Kier molecular flexibility index (Phi) is 7.09. The van der Waals surface area contributed by atoms with Gasteiger partial charge in [-0.25, -0.2) is 0 Å². The van der Waals surface area contributed by atoms with Crippen molar-refractivity contribution in [3.05, 3.63) is 77.3 Å². The molecule has 33 heavy (non-hydrogen) atoms. The molecular weight excluding hydrogens is 454 g/mol. The topological polar surface area (TPSA) is 48.0 Å². The molecule has 2 heterocycles. The number of benzene rings is 3. The van der Waals surface area contributed by atoms with Crippen molar-refractivity contribution in [2.24, 2.45) is 0 Å². The maximum Gasteiger partial charge on any atom is 0.138 e. The van der Waals surface area contributed by atoms with Gasteiger partial charge in [0.2, 0.25) is 0 Å². The summed E-state index contributed by atoms with van der Waals surface area (Å²) in [5.41, 5.74) is 7.85. The minimum absolute atomic E-state index is 0.179. The van der Waals surface area contributed by atoms with Crippen molar-refractivity contribution >= 4 is 29.2 Å². The van der Waals surface area contributed by atoms with Crippen molar-refractivity contribution in [3.63, 3.8) is 0 Å². The van der Waals surface area contributed by atoms with Gasteiger partial charge in [-0.1, -0.05) is 54.1 Å². The molecule has 1 saturated heterocycles. The van der Waals surface area contributed by atoms with Gasteiger partial charge in [-0.15, -0.1) is 0 Å². The van der Waals surface area contributed by atoms with Crippen LogP contribution in [-0.4, -0.2) is 46.8 Å². The lowest BCUT2D eigenvalue weighted by Gasteiger charge is -2.18. The molecule has 1 fully saturated rings. The number of nitrogens with zero attached hydrogens (tertiary/aromatic N) is 2. The molecule has 0 aliphatic carbocycles. The first-order chi connectivity index (χ1) is 16.2. The second-order valence-electron chi connectivity index (χ2n) is 8.49. The fraction of sp³-hybridized carbons (Fsp3) is 0.308. The number of ether oxygens (including phenoxy) is 1. The number of β-amino-alcohol motifs (C(OH)–C–C–N with tert-alkyl or cyclic N) is 1.